The van der Waals surface area contributed by atoms with E-state index in [0.717, 1.165) is 26.2 Å². The van der Waals surface area contributed by atoms with Crippen LogP contribution >= 0.6 is 23.4 Å². The smallest absolute Gasteiger partial charge is 0.0642 e. The van der Waals surface area contributed by atoms with Gasteiger partial charge in [0.1, 0.15) is 0 Å². The second-order valence-electron chi connectivity index (χ2n) is 5.73. The van der Waals surface area contributed by atoms with Crippen LogP contribution in [-0.4, -0.2) is 36.5 Å². The maximum atomic E-state index is 6.71. The molecule has 0 aliphatic carbocycles. The second-order valence-corrected chi connectivity index (χ2v) is 7.43. The van der Waals surface area contributed by atoms with Crippen LogP contribution in [0.5, 0.6) is 0 Å². The van der Waals surface area contributed by atoms with E-state index in [1.54, 1.807) is 0 Å². The Balaban J connectivity index is 1.86. The van der Waals surface area contributed by atoms with Crippen molar-refractivity contribution in [3.8, 4) is 0 Å². The lowest BCUT2D eigenvalue weighted by atomic mass is 10.2. The molecule has 122 valence electrons. The van der Waals surface area contributed by atoms with Crippen LogP contribution in [-0.2, 0) is 0 Å². The summed E-state index contributed by atoms with van der Waals surface area (Å²) < 4.78 is 0. The lowest BCUT2D eigenvalue weighted by molar-refractivity contribution is 0.304. The van der Waals surface area contributed by atoms with E-state index in [0.29, 0.717) is 0 Å². The first-order valence-corrected chi connectivity index (χ1v) is 9.48. The molecule has 0 aromatic heterocycles. The zero-order valence-corrected chi connectivity index (χ0v) is 15.3. The third-order valence-electron chi connectivity index (χ3n) is 4.26. The molecule has 1 heterocycles. The molecule has 1 aliphatic heterocycles. The molecule has 0 N–H and O–H groups in total. The predicted molar refractivity (Wildman–Crippen MR) is 101 cm³/mol. The molecule has 0 fully saturated rings. The summed E-state index contributed by atoms with van der Waals surface area (Å²) in [5.41, 5.74) is 2.53. The highest BCUT2D eigenvalue weighted by molar-refractivity contribution is 7.99. The van der Waals surface area contributed by atoms with E-state index in [4.69, 9.17) is 11.6 Å². The van der Waals surface area contributed by atoms with Gasteiger partial charge >= 0.3 is 0 Å². The van der Waals surface area contributed by atoms with Crippen molar-refractivity contribution in [2.75, 3.05) is 31.1 Å². The van der Waals surface area contributed by atoms with Crippen LogP contribution in [0.2, 0.25) is 0 Å². The van der Waals surface area contributed by atoms with Gasteiger partial charge in [-0.05, 0) is 37.4 Å². The molecule has 0 saturated carbocycles. The Hall–Kier alpha value is -1.16. The first-order valence-electron chi connectivity index (χ1n) is 8.22. The van der Waals surface area contributed by atoms with Gasteiger partial charge in [-0.2, -0.15) is 0 Å². The highest BCUT2D eigenvalue weighted by Gasteiger charge is 2.25. The second kappa shape index (κ2) is 7.61. The minimum absolute atomic E-state index is 0.0964. The molecule has 0 spiro atoms. The zero-order valence-electron chi connectivity index (χ0n) is 13.7. The van der Waals surface area contributed by atoms with Crippen molar-refractivity contribution in [3.63, 3.8) is 0 Å². The maximum absolute atomic E-state index is 6.71. The van der Waals surface area contributed by atoms with Gasteiger partial charge in [-0.1, -0.05) is 49.9 Å². The molecule has 23 heavy (non-hydrogen) atoms. The Kier molecular flexibility index (Phi) is 5.52. The van der Waals surface area contributed by atoms with Gasteiger partial charge in [0, 0.05) is 22.9 Å². The minimum atomic E-state index is 0.0964. The molecular formula is C19H23ClN2S. The molecule has 1 unspecified atom stereocenters. The summed E-state index contributed by atoms with van der Waals surface area (Å²) in [6.07, 6.45) is 0. The van der Waals surface area contributed by atoms with E-state index in [2.05, 4.69) is 72.2 Å². The van der Waals surface area contributed by atoms with E-state index in [1.807, 2.05) is 11.8 Å². The van der Waals surface area contributed by atoms with Gasteiger partial charge < -0.3 is 9.80 Å². The van der Waals surface area contributed by atoms with E-state index in [1.165, 1.54) is 21.2 Å². The molecule has 1 atom stereocenters. The monoisotopic (exact) mass is 346 g/mol. The molecule has 2 aromatic rings. The molecule has 0 radical (unpaired) electrons. The summed E-state index contributed by atoms with van der Waals surface area (Å²) in [6, 6.07) is 17.2. The zero-order chi connectivity index (χ0) is 16.2. The van der Waals surface area contributed by atoms with Crippen molar-refractivity contribution < 1.29 is 0 Å². The number of benzene rings is 2. The molecule has 2 nitrogen and oxygen atoms in total. The van der Waals surface area contributed by atoms with Crippen molar-refractivity contribution in [1.82, 2.24) is 4.90 Å². The van der Waals surface area contributed by atoms with Gasteiger partial charge in [0.2, 0.25) is 0 Å². The highest BCUT2D eigenvalue weighted by atomic mass is 35.5. The quantitative estimate of drug-likeness (QED) is 0.660. The topological polar surface area (TPSA) is 6.48 Å². The number of hydrogen-bond donors (Lipinski definition) is 0. The maximum Gasteiger partial charge on any atom is 0.0642 e. The average molecular weight is 347 g/mol. The van der Waals surface area contributed by atoms with Gasteiger partial charge in [-0.25, -0.2) is 0 Å². The Morgan fingerprint density at radius 2 is 1.48 bits per heavy atom. The largest absolute Gasteiger partial charge is 0.338 e. The summed E-state index contributed by atoms with van der Waals surface area (Å²) >= 11 is 8.55. The molecule has 0 amide bonds. The molecular weight excluding hydrogens is 324 g/mol. The number of rotatable bonds is 6. The summed E-state index contributed by atoms with van der Waals surface area (Å²) in [7, 11) is 0. The first kappa shape index (κ1) is 16.7. The lowest BCUT2D eigenvalue weighted by Gasteiger charge is -2.35. The fourth-order valence-electron chi connectivity index (χ4n) is 3.00. The van der Waals surface area contributed by atoms with Crippen LogP contribution in [0, 0.1) is 0 Å². The number of halogens is 1. The molecule has 0 bridgehead atoms. The predicted octanol–water partition coefficient (Wildman–Crippen LogP) is 5.24. The van der Waals surface area contributed by atoms with E-state index in [-0.39, 0.29) is 5.38 Å². The van der Waals surface area contributed by atoms with Crippen molar-refractivity contribution in [1.29, 1.82) is 0 Å². The van der Waals surface area contributed by atoms with Gasteiger partial charge in [0.05, 0.1) is 16.8 Å². The number of para-hydroxylation sites is 2. The SMILES string of the molecule is CCN(CC)CC(Cl)CN1c2ccccc2Sc2ccccc21. The highest BCUT2D eigenvalue weighted by Crippen LogP contribution is 2.47. The fourth-order valence-corrected chi connectivity index (χ4v) is 4.42. The molecule has 0 saturated heterocycles. The number of nitrogens with zero attached hydrogens (tertiary/aromatic N) is 2. The molecule has 4 heteroatoms. The third kappa shape index (κ3) is 3.68. The number of anilines is 2. The Morgan fingerprint density at radius 1 is 0.957 bits per heavy atom. The van der Waals surface area contributed by atoms with Crippen molar-refractivity contribution in [2.24, 2.45) is 0 Å². The van der Waals surface area contributed by atoms with Gasteiger partial charge in [-0.15, -0.1) is 11.6 Å². The van der Waals surface area contributed by atoms with Crippen LogP contribution in [0.4, 0.5) is 11.4 Å². The van der Waals surface area contributed by atoms with E-state index >= 15 is 0 Å². The Labute approximate surface area is 148 Å². The van der Waals surface area contributed by atoms with Crippen LogP contribution in [0.25, 0.3) is 0 Å². The van der Waals surface area contributed by atoms with Gasteiger partial charge in [0.25, 0.3) is 0 Å². The minimum Gasteiger partial charge on any atom is -0.338 e. The normalized spacial score (nSPS) is 14.5. The fraction of sp³-hybridized carbons (Fsp3) is 0.368. The van der Waals surface area contributed by atoms with Crippen LogP contribution in [0.15, 0.2) is 58.3 Å². The van der Waals surface area contributed by atoms with Crippen molar-refractivity contribution in [3.05, 3.63) is 48.5 Å². The van der Waals surface area contributed by atoms with Gasteiger partial charge in [-0.3, -0.25) is 0 Å². The summed E-state index contributed by atoms with van der Waals surface area (Å²) in [5, 5.41) is 0.0964. The summed E-state index contributed by atoms with van der Waals surface area (Å²) in [5.74, 6) is 0. The van der Waals surface area contributed by atoms with E-state index < -0.39 is 0 Å². The average Bonchev–Trinajstić information content (AvgIpc) is 2.59. The molecule has 2 aromatic carbocycles. The van der Waals surface area contributed by atoms with Crippen LogP contribution in [0.3, 0.4) is 0 Å². The number of alkyl halides is 1. The molecule has 1 aliphatic rings. The van der Waals surface area contributed by atoms with Crippen molar-refractivity contribution in [2.45, 2.75) is 29.0 Å². The Bertz CT molecular complexity index is 612. The molecule has 3 rings (SSSR count). The van der Waals surface area contributed by atoms with E-state index in [9.17, 15) is 0 Å². The van der Waals surface area contributed by atoms with Crippen LogP contribution < -0.4 is 4.90 Å². The number of hydrogen-bond acceptors (Lipinski definition) is 3. The number of fused-ring (bicyclic) bond motifs is 2. The first-order chi connectivity index (χ1) is 11.2. The standard InChI is InChI=1S/C19H23ClN2S/c1-3-21(4-2)13-15(20)14-22-16-9-5-7-11-18(16)23-19-12-8-6-10-17(19)22/h5-12,15H,3-4,13-14H2,1-2H3. The third-order valence-corrected chi connectivity index (χ3v) is 5.67. The van der Waals surface area contributed by atoms with Gasteiger partial charge in [0.15, 0.2) is 0 Å². The Morgan fingerprint density at radius 3 is 2.00 bits per heavy atom. The van der Waals surface area contributed by atoms with Crippen molar-refractivity contribution >= 4 is 34.7 Å². The summed E-state index contributed by atoms with van der Waals surface area (Å²) in [4.78, 5) is 7.37. The lowest BCUT2D eigenvalue weighted by Crippen LogP contribution is -2.36. The van der Waals surface area contributed by atoms with Crippen LogP contribution in [0.1, 0.15) is 13.8 Å². The summed E-state index contributed by atoms with van der Waals surface area (Å²) in [6.45, 7) is 8.21.